The van der Waals surface area contributed by atoms with Gasteiger partial charge in [-0.3, -0.25) is 19.3 Å². The molecule has 0 aromatic heterocycles. The molecule has 32 heavy (non-hydrogen) atoms. The summed E-state index contributed by atoms with van der Waals surface area (Å²) in [6.07, 6.45) is 0.636. The van der Waals surface area contributed by atoms with Crippen LogP contribution in [-0.4, -0.2) is 53.4 Å². The predicted octanol–water partition coefficient (Wildman–Crippen LogP) is 3.58. The normalized spacial score (nSPS) is 22.1. The van der Waals surface area contributed by atoms with Crippen molar-refractivity contribution >= 4 is 23.4 Å². The number of hydrogen-bond acceptors (Lipinski definition) is 5. The van der Waals surface area contributed by atoms with Gasteiger partial charge in [-0.05, 0) is 30.2 Å². The molecule has 0 bridgehead atoms. The van der Waals surface area contributed by atoms with E-state index in [9.17, 15) is 14.4 Å². The third kappa shape index (κ3) is 4.28. The topological polar surface area (TPSA) is 79.3 Å². The number of carbonyl (C=O) groups excluding carboxylic acids is 3. The van der Waals surface area contributed by atoms with E-state index < -0.39 is 11.6 Å². The van der Waals surface area contributed by atoms with Gasteiger partial charge in [-0.15, -0.1) is 0 Å². The number of nitrogens with zero attached hydrogens (tertiary/aromatic N) is 3. The summed E-state index contributed by atoms with van der Waals surface area (Å²) < 4.78 is 0. The summed E-state index contributed by atoms with van der Waals surface area (Å²) in [5.41, 5.74) is 2.67. The van der Waals surface area contributed by atoms with E-state index in [2.05, 4.69) is 5.16 Å². The van der Waals surface area contributed by atoms with Gasteiger partial charge in [0.05, 0.1) is 12.1 Å². The molecular formula is C25H29N3O4. The minimum atomic E-state index is -0.756. The lowest BCUT2D eigenvalue weighted by atomic mass is 9.89. The summed E-state index contributed by atoms with van der Waals surface area (Å²) in [5, 5.41) is 4.27. The Morgan fingerprint density at radius 3 is 2.28 bits per heavy atom. The van der Waals surface area contributed by atoms with E-state index in [1.54, 1.807) is 19.2 Å². The molecule has 1 fully saturated rings. The zero-order valence-corrected chi connectivity index (χ0v) is 19.2. The fourth-order valence-corrected chi connectivity index (χ4v) is 3.83. The van der Waals surface area contributed by atoms with Gasteiger partial charge in [-0.2, -0.15) is 0 Å². The number of imide groups is 1. The predicted molar refractivity (Wildman–Crippen MR) is 122 cm³/mol. The molecule has 3 amide bonds. The third-order valence-electron chi connectivity index (χ3n) is 5.86. The van der Waals surface area contributed by atoms with Crippen LogP contribution in [-0.2, 0) is 20.0 Å². The third-order valence-corrected chi connectivity index (χ3v) is 5.86. The van der Waals surface area contributed by atoms with Crippen LogP contribution in [0.4, 0.5) is 0 Å². The van der Waals surface area contributed by atoms with Crippen LogP contribution >= 0.6 is 0 Å². The van der Waals surface area contributed by atoms with Crippen molar-refractivity contribution in [1.82, 2.24) is 9.80 Å². The first kappa shape index (κ1) is 23.2. The van der Waals surface area contributed by atoms with Crippen molar-refractivity contribution in [2.24, 2.45) is 5.16 Å². The minimum Gasteiger partial charge on any atom is -0.384 e. The molecule has 0 spiro atoms. The highest BCUT2D eigenvalue weighted by Crippen LogP contribution is 2.35. The second kappa shape index (κ2) is 9.34. The summed E-state index contributed by atoms with van der Waals surface area (Å²) >= 11 is 0. The number of benzene rings is 2. The Balaban J connectivity index is 0.00000141. The first-order valence-corrected chi connectivity index (χ1v) is 10.8. The van der Waals surface area contributed by atoms with E-state index >= 15 is 0 Å². The first-order chi connectivity index (χ1) is 15.3. The van der Waals surface area contributed by atoms with Gasteiger partial charge in [0.2, 0.25) is 5.91 Å². The van der Waals surface area contributed by atoms with Crippen molar-refractivity contribution in [3.05, 3.63) is 71.3 Å². The van der Waals surface area contributed by atoms with Gasteiger partial charge < -0.3 is 9.74 Å². The number of carbonyl (C=O) groups is 3. The SMILES string of the molecule is CC.CN1C(=O)C[C@@H](N(C)C(=O)c2ccc(C3=NO[C@](C)(c4ccccc4)C3)cc2)C1=O. The maximum Gasteiger partial charge on any atom is 0.254 e. The molecule has 2 aliphatic rings. The lowest BCUT2D eigenvalue weighted by molar-refractivity contribution is -0.137. The molecule has 0 N–H and O–H groups in total. The lowest BCUT2D eigenvalue weighted by Crippen LogP contribution is -2.42. The van der Waals surface area contributed by atoms with Gasteiger partial charge >= 0.3 is 0 Å². The van der Waals surface area contributed by atoms with Gasteiger partial charge in [-0.1, -0.05) is 61.5 Å². The zero-order chi connectivity index (χ0) is 23.5. The average Bonchev–Trinajstić information content (AvgIpc) is 3.36. The Labute approximate surface area is 188 Å². The zero-order valence-electron chi connectivity index (χ0n) is 19.2. The molecule has 0 unspecified atom stereocenters. The Morgan fingerprint density at radius 2 is 1.72 bits per heavy atom. The van der Waals surface area contributed by atoms with E-state index in [4.69, 9.17) is 4.84 Å². The largest absolute Gasteiger partial charge is 0.384 e. The maximum absolute atomic E-state index is 12.8. The smallest absolute Gasteiger partial charge is 0.254 e. The van der Waals surface area contributed by atoms with Crippen LogP contribution < -0.4 is 0 Å². The van der Waals surface area contributed by atoms with Crippen molar-refractivity contribution in [2.75, 3.05) is 14.1 Å². The number of likely N-dealkylation sites (N-methyl/N-ethyl adjacent to an activating group) is 2. The van der Waals surface area contributed by atoms with Crippen molar-refractivity contribution in [3.63, 3.8) is 0 Å². The van der Waals surface area contributed by atoms with E-state index in [-0.39, 0.29) is 24.1 Å². The number of amides is 3. The Kier molecular flexibility index (Phi) is 6.77. The van der Waals surface area contributed by atoms with Gasteiger partial charge in [0.15, 0.2) is 5.60 Å². The molecule has 2 aliphatic heterocycles. The molecule has 1 saturated heterocycles. The van der Waals surface area contributed by atoms with Crippen LogP contribution in [0.2, 0.25) is 0 Å². The Morgan fingerprint density at radius 1 is 1.09 bits per heavy atom. The van der Waals surface area contributed by atoms with Crippen LogP contribution in [0.25, 0.3) is 0 Å². The molecule has 2 aromatic rings. The van der Waals surface area contributed by atoms with Crippen molar-refractivity contribution in [3.8, 4) is 0 Å². The summed E-state index contributed by atoms with van der Waals surface area (Å²) in [6, 6.07) is 16.3. The van der Waals surface area contributed by atoms with Crippen LogP contribution in [0, 0.1) is 0 Å². The van der Waals surface area contributed by atoms with E-state index in [1.807, 2.05) is 63.2 Å². The lowest BCUT2D eigenvalue weighted by Gasteiger charge is -2.22. The van der Waals surface area contributed by atoms with Crippen LogP contribution in [0.1, 0.15) is 55.1 Å². The van der Waals surface area contributed by atoms with E-state index in [0.29, 0.717) is 12.0 Å². The Bertz CT molecular complexity index is 1030. The van der Waals surface area contributed by atoms with Crippen LogP contribution in [0.3, 0.4) is 0 Å². The van der Waals surface area contributed by atoms with E-state index in [0.717, 1.165) is 21.7 Å². The van der Waals surface area contributed by atoms with E-state index in [1.165, 1.54) is 11.9 Å². The number of rotatable bonds is 4. The van der Waals surface area contributed by atoms with Gasteiger partial charge in [0, 0.05) is 26.1 Å². The summed E-state index contributed by atoms with van der Waals surface area (Å²) in [4.78, 5) is 44.9. The average molecular weight is 436 g/mol. The van der Waals surface area contributed by atoms with Crippen molar-refractivity contribution in [2.45, 2.75) is 45.3 Å². The molecule has 0 aliphatic carbocycles. The highest BCUT2D eigenvalue weighted by atomic mass is 16.7. The molecule has 2 atom stereocenters. The van der Waals surface area contributed by atoms with Crippen LogP contribution in [0.15, 0.2) is 59.8 Å². The number of oxime groups is 1. The quantitative estimate of drug-likeness (QED) is 0.688. The first-order valence-electron chi connectivity index (χ1n) is 10.8. The summed E-state index contributed by atoms with van der Waals surface area (Å²) in [5.74, 6) is -0.937. The molecule has 0 radical (unpaired) electrons. The van der Waals surface area contributed by atoms with Crippen molar-refractivity contribution < 1.29 is 19.2 Å². The molecule has 7 heteroatoms. The van der Waals surface area contributed by atoms with Gasteiger partial charge in [0.25, 0.3) is 11.8 Å². The molecule has 7 nitrogen and oxygen atoms in total. The highest BCUT2D eigenvalue weighted by molar-refractivity contribution is 6.08. The minimum absolute atomic E-state index is 0.0157. The fourth-order valence-electron chi connectivity index (χ4n) is 3.83. The molecule has 0 saturated carbocycles. The standard InChI is InChI=1S/C23H23N3O4.C2H6/c1-23(17-7-5-4-6-8-17)14-18(24-30-23)15-9-11-16(12-10-15)21(28)25(2)19-13-20(27)26(3)22(19)29;1-2/h4-12,19H,13-14H2,1-3H3;1-2H3/t19-,23+;/m1./s1. The fraction of sp³-hybridized carbons (Fsp3) is 0.360. The second-order valence-corrected chi connectivity index (χ2v) is 7.91. The van der Waals surface area contributed by atoms with Crippen LogP contribution in [0.5, 0.6) is 0 Å². The number of hydrogen-bond donors (Lipinski definition) is 0. The Hall–Kier alpha value is -3.48. The molecule has 168 valence electrons. The van der Waals surface area contributed by atoms with Gasteiger partial charge in [0.1, 0.15) is 6.04 Å². The monoisotopic (exact) mass is 435 g/mol. The number of likely N-dealkylation sites (tertiary alicyclic amines) is 1. The summed E-state index contributed by atoms with van der Waals surface area (Å²) in [7, 11) is 2.98. The molecular weight excluding hydrogens is 406 g/mol. The maximum atomic E-state index is 12.8. The second-order valence-electron chi connectivity index (χ2n) is 7.91. The summed E-state index contributed by atoms with van der Waals surface area (Å²) in [6.45, 7) is 6.00. The van der Waals surface area contributed by atoms with Crippen molar-refractivity contribution in [1.29, 1.82) is 0 Å². The highest BCUT2D eigenvalue weighted by Gasteiger charge is 2.40. The van der Waals surface area contributed by atoms with Gasteiger partial charge in [-0.25, -0.2) is 0 Å². The molecule has 2 aromatic carbocycles. The molecule has 4 rings (SSSR count). The molecule has 2 heterocycles.